The molecule has 1 aliphatic heterocycles. The fourth-order valence-electron chi connectivity index (χ4n) is 2.85. The summed E-state index contributed by atoms with van der Waals surface area (Å²) in [6.45, 7) is 1.09. The summed E-state index contributed by atoms with van der Waals surface area (Å²) < 4.78 is 0. The summed E-state index contributed by atoms with van der Waals surface area (Å²) >= 11 is 5.90. The largest absolute Gasteiger partial charge is 0.362 e. The SMILES string of the molecule is O=[N+]([O-])c1ccc(N2CC=C(c3ccc(Cl)cc3)CC2)c([N+](=O)[O-])c1. The molecular weight excluding hydrogens is 346 g/mol. The topological polar surface area (TPSA) is 89.5 Å². The molecule has 0 aliphatic carbocycles. The van der Waals surface area contributed by atoms with Crippen molar-refractivity contribution in [2.24, 2.45) is 0 Å². The van der Waals surface area contributed by atoms with Crippen LogP contribution in [0.5, 0.6) is 0 Å². The zero-order valence-corrected chi connectivity index (χ0v) is 13.8. The molecule has 0 N–H and O–H groups in total. The Morgan fingerprint density at radius 3 is 2.28 bits per heavy atom. The Bertz CT molecular complexity index is 865. The highest BCUT2D eigenvalue weighted by Crippen LogP contribution is 2.34. The normalized spacial score (nSPS) is 14.1. The van der Waals surface area contributed by atoms with Crippen LogP contribution in [0, 0.1) is 20.2 Å². The van der Waals surface area contributed by atoms with Crippen molar-refractivity contribution in [1.29, 1.82) is 0 Å². The van der Waals surface area contributed by atoms with Crippen LogP contribution in [0.1, 0.15) is 12.0 Å². The van der Waals surface area contributed by atoms with Gasteiger partial charge in [-0.1, -0.05) is 29.8 Å². The zero-order chi connectivity index (χ0) is 18.0. The first-order valence-corrected chi connectivity index (χ1v) is 7.96. The van der Waals surface area contributed by atoms with Crippen LogP contribution in [0.15, 0.2) is 48.5 Å². The molecular formula is C17H14ClN3O4. The van der Waals surface area contributed by atoms with Crippen molar-refractivity contribution < 1.29 is 9.85 Å². The molecule has 2 aromatic carbocycles. The molecule has 1 aliphatic rings. The van der Waals surface area contributed by atoms with E-state index >= 15 is 0 Å². The van der Waals surface area contributed by atoms with Gasteiger partial charge in [0.1, 0.15) is 5.69 Å². The molecule has 25 heavy (non-hydrogen) atoms. The Morgan fingerprint density at radius 1 is 1.00 bits per heavy atom. The second-order valence-electron chi connectivity index (χ2n) is 5.62. The van der Waals surface area contributed by atoms with E-state index in [0.29, 0.717) is 23.8 Å². The number of anilines is 1. The minimum absolute atomic E-state index is 0.252. The van der Waals surface area contributed by atoms with Crippen LogP contribution >= 0.6 is 11.6 Å². The molecule has 2 aromatic rings. The Kier molecular flexibility index (Phi) is 4.67. The lowest BCUT2D eigenvalue weighted by atomic mass is 9.99. The monoisotopic (exact) mass is 359 g/mol. The third-order valence-corrected chi connectivity index (χ3v) is 4.38. The second kappa shape index (κ2) is 6.90. The number of nitrogens with zero attached hydrogens (tertiary/aromatic N) is 3. The molecule has 1 heterocycles. The van der Waals surface area contributed by atoms with E-state index in [9.17, 15) is 20.2 Å². The molecule has 0 saturated heterocycles. The molecule has 0 amide bonds. The van der Waals surface area contributed by atoms with Crippen LogP contribution in [0.2, 0.25) is 5.02 Å². The minimum Gasteiger partial charge on any atom is -0.362 e. The lowest BCUT2D eigenvalue weighted by Gasteiger charge is -2.28. The summed E-state index contributed by atoms with van der Waals surface area (Å²) in [5.41, 5.74) is 2.07. The maximum Gasteiger partial charge on any atom is 0.299 e. The van der Waals surface area contributed by atoms with Crippen LogP contribution in [0.3, 0.4) is 0 Å². The maximum atomic E-state index is 11.3. The number of rotatable bonds is 4. The van der Waals surface area contributed by atoms with Crippen LogP contribution in [-0.4, -0.2) is 22.9 Å². The van der Waals surface area contributed by atoms with Crippen LogP contribution in [0.4, 0.5) is 17.1 Å². The van der Waals surface area contributed by atoms with E-state index in [-0.39, 0.29) is 11.4 Å². The van der Waals surface area contributed by atoms with Crippen LogP contribution < -0.4 is 4.90 Å². The number of nitro benzene ring substituents is 2. The van der Waals surface area contributed by atoms with Gasteiger partial charge in [0.05, 0.1) is 15.9 Å². The fraction of sp³-hybridized carbons (Fsp3) is 0.176. The Morgan fingerprint density at radius 2 is 1.72 bits per heavy atom. The van der Waals surface area contributed by atoms with Crippen molar-refractivity contribution in [3.05, 3.63) is 79.4 Å². The first kappa shape index (κ1) is 16.9. The Hall–Kier alpha value is -2.93. The predicted octanol–water partition coefficient (Wildman–Crippen LogP) is 4.45. The molecule has 3 rings (SSSR count). The third-order valence-electron chi connectivity index (χ3n) is 4.13. The third kappa shape index (κ3) is 3.61. The Labute approximate surface area is 148 Å². The van der Waals surface area contributed by atoms with Gasteiger partial charge >= 0.3 is 0 Å². The molecule has 8 heteroatoms. The summed E-state index contributed by atoms with van der Waals surface area (Å²) in [6.07, 6.45) is 2.73. The molecule has 0 fully saturated rings. The molecule has 0 spiro atoms. The average Bonchev–Trinajstić information content (AvgIpc) is 2.62. The van der Waals surface area contributed by atoms with E-state index in [2.05, 4.69) is 0 Å². The molecule has 0 unspecified atom stereocenters. The first-order valence-electron chi connectivity index (χ1n) is 7.58. The average molecular weight is 360 g/mol. The van der Waals surface area contributed by atoms with Gasteiger partial charge in [-0.25, -0.2) is 0 Å². The van der Waals surface area contributed by atoms with Gasteiger partial charge in [0.15, 0.2) is 0 Å². The fourth-order valence-corrected chi connectivity index (χ4v) is 2.98. The zero-order valence-electron chi connectivity index (χ0n) is 13.1. The van der Waals surface area contributed by atoms with Gasteiger partial charge in [0.2, 0.25) is 0 Å². The van der Waals surface area contributed by atoms with Crippen molar-refractivity contribution in [1.82, 2.24) is 0 Å². The van der Waals surface area contributed by atoms with Gasteiger partial charge in [-0.3, -0.25) is 20.2 Å². The predicted molar refractivity (Wildman–Crippen MR) is 96.0 cm³/mol. The van der Waals surface area contributed by atoms with Crippen molar-refractivity contribution in [2.45, 2.75) is 6.42 Å². The lowest BCUT2D eigenvalue weighted by Crippen LogP contribution is -2.28. The molecule has 0 atom stereocenters. The van der Waals surface area contributed by atoms with Crippen molar-refractivity contribution in [3.8, 4) is 0 Å². The van der Waals surface area contributed by atoms with E-state index in [1.165, 1.54) is 12.1 Å². The van der Waals surface area contributed by atoms with Gasteiger partial charge in [-0.2, -0.15) is 0 Å². The first-order chi connectivity index (χ1) is 12.0. The van der Waals surface area contributed by atoms with Crippen molar-refractivity contribution >= 4 is 34.2 Å². The molecule has 0 aromatic heterocycles. The van der Waals surface area contributed by atoms with Gasteiger partial charge in [-0.15, -0.1) is 0 Å². The van der Waals surface area contributed by atoms with Crippen molar-refractivity contribution in [3.63, 3.8) is 0 Å². The number of benzene rings is 2. The molecule has 0 saturated carbocycles. The molecule has 0 radical (unpaired) electrons. The van der Waals surface area contributed by atoms with Crippen LogP contribution in [0.25, 0.3) is 5.57 Å². The number of non-ortho nitro benzene ring substituents is 1. The summed E-state index contributed by atoms with van der Waals surface area (Å²) in [4.78, 5) is 22.8. The molecule has 128 valence electrons. The second-order valence-corrected chi connectivity index (χ2v) is 6.06. The van der Waals surface area contributed by atoms with Gasteiger partial charge in [0, 0.05) is 24.2 Å². The van der Waals surface area contributed by atoms with Gasteiger partial charge in [0.25, 0.3) is 11.4 Å². The minimum atomic E-state index is -0.633. The van der Waals surface area contributed by atoms with Gasteiger partial charge < -0.3 is 4.90 Å². The quantitative estimate of drug-likeness (QED) is 0.594. The Balaban J connectivity index is 1.86. The highest BCUT2D eigenvalue weighted by Gasteiger charge is 2.24. The van der Waals surface area contributed by atoms with E-state index in [1.54, 1.807) is 0 Å². The highest BCUT2D eigenvalue weighted by atomic mass is 35.5. The maximum absolute atomic E-state index is 11.3. The van der Waals surface area contributed by atoms with E-state index in [4.69, 9.17) is 11.6 Å². The van der Waals surface area contributed by atoms with Gasteiger partial charge in [-0.05, 0) is 35.8 Å². The van der Waals surface area contributed by atoms with Crippen molar-refractivity contribution in [2.75, 3.05) is 18.0 Å². The number of hydrogen-bond donors (Lipinski definition) is 0. The summed E-state index contributed by atoms with van der Waals surface area (Å²) in [6, 6.07) is 11.3. The van der Waals surface area contributed by atoms with Crippen LogP contribution in [-0.2, 0) is 0 Å². The number of nitro groups is 2. The molecule has 0 bridgehead atoms. The summed E-state index contributed by atoms with van der Waals surface area (Å²) in [5.74, 6) is 0. The number of halogens is 1. The lowest BCUT2D eigenvalue weighted by molar-refractivity contribution is -0.393. The standard InChI is InChI=1S/C17H14ClN3O4/c18-14-3-1-12(2-4-14)13-7-9-19(10-8-13)16-6-5-15(20(22)23)11-17(16)21(24)25/h1-7,11H,8-10H2. The smallest absolute Gasteiger partial charge is 0.299 e. The molecule has 7 nitrogen and oxygen atoms in total. The summed E-state index contributed by atoms with van der Waals surface area (Å²) in [5, 5.41) is 22.8. The van der Waals surface area contributed by atoms with E-state index < -0.39 is 9.85 Å². The van der Waals surface area contributed by atoms with E-state index in [0.717, 1.165) is 23.6 Å². The summed E-state index contributed by atoms with van der Waals surface area (Å²) in [7, 11) is 0. The highest BCUT2D eigenvalue weighted by molar-refractivity contribution is 6.30. The van der Waals surface area contributed by atoms with E-state index in [1.807, 2.05) is 35.2 Å². The number of hydrogen-bond acceptors (Lipinski definition) is 5.